The molecule has 2 heterocycles. The maximum absolute atomic E-state index is 11.0. The summed E-state index contributed by atoms with van der Waals surface area (Å²) < 4.78 is 6.93. The maximum atomic E-state index is 11.0. The number of hydrogen-bond donors (Lipinski definition) is 4. The van der Waals surface area contributed by atoms with E-state index in [9.17, 15) is 4.79 Å². The molecular formula is C22H28BrN5O3. The summed E-state index contributed by atoms with van der Waals surface area (Å²) in [5, 5.41) is 11.3. The number of rotatable bonds is 7. The number of aromatic nitrogens is 2. The van der Waals surface area contributed by atoms with Crippen LogP contribution in [0.15, 0.2) is 34.8 Å². The predicted molar refractivity (Wildman–Crippen MR) is 124 cm³/mol. The molecule has 8 nitrogen and oxygen atoms in total. The molecule has 0 spiro atoms. The van der Waals surface area contributed by atoms with Gasteiger partial charge in [-0.15, -0.1) is 0 Å². The summed E-state index contributed by atoms with van der Waals surface area (Å²) in [6.45, 7) is 4.94. The fourth-order valence-corrected chi connectivity index (χ4v) is 4.92. The summed E-state index contributed by atoms with van der Waals surface area (Å²) >= 11 is 3.54. The monoisotopic (exact) mass is 489 g/mol. The zero-order valence-corrected chi connectivity index (χ0v) is 19.4. The predicted octanol–water partition coefficient (Wildman–Crippen LogP) is 4.38. The number of halogens is 1. The van der Waals surface area contributed by atoms with E-state index in [0.29, 0.717) is 0 Å². The molecule has 9 heteroatoms. The number of amides is 1. The molecule has 1 fully saturated rings. The number of carbonyl (C=O) groups is 1. The number of imidazole rings is 1. The van der Waals surface area contributed by atoms with Gasteiger partial charge in [-0.2, -0.15) is 0 Å². The molecule has 2 aromatic carbocycles. The van der Waals surface area contributed by atoms with Crippen molar-refractivity contribution < 1.29 is 14.6 Å². The summed E-state index contributed by atoms with van der Waals surface area (Å²) in [4.78, 5) is 21.8. The number of aromatic amines is 1. The molecule has 1 unspecified atom stereocenters. The lowest BCUT2D eigenvalue weighted by molar-refractivity contribution is -0.0764. The fraction of sp³-hybridized carbons (Fsp3) is 0.455. The van der Waals surface area contributed by atoms with Gasteiger partial charge in [0.05, 0.1) is 23.1 Å². The van der Waals surface area contributed by atoms with E-state index in [2.05, 4.69) is 60.9 Å². The van der Waals surface area contributed by atoms with Gasteiger partial charge in [-0.3, -0.25) is 10.3 Å². The Hall–Kier alpha value is -2.20. The highest BCUT2D eigenvalue weighted by molar-refractivity contribution is 9.10. The lowest BCUT2D eigenvalue weighted by atomic mass is 10.0. The van der Waals surface area contributed by atoms with E-state index in [1.165, 1.54) is 0 Å². The minimum atomic E-state index is -1.12. The van der Waals surface area contributed by atoms with Crippen LogP contribution in [0.4, 0.5) is 4.79 Å². The average molecular weight is 490 g/mol. The number of hydrazine groups is 1. The lowest BCUT2D eigenvalue weighted by Crippen LogP contribution is -2.58. The van der Waals surface area contributed by atoms with Gasteiger partial charge in [0.25, 0.3) is 0 Å². The zero-order chi connectivity index (χ0) is 22.1. The van der Waals surface area contributed by atoms with Gasteiger partial charge in [-0.25, -0.2) is 15.2 Å². The first-order valence-electron chi connectivity index (χ1n) is 10.5. The highest BCUT2D eigenvalue weighted by Gasteiger charge is 2.39. The van der Waals surface area contributed by atoms with E-state index in [1.54, 1.807) is 7.11 Å². The van der Waals surface area contributed by atoms with Gasteiger partial charge in [0.1, 0.15) is 12.1 Å². The van der Waals surface area contributed by atoms with Crippen LogP contribution in [0.1, 0.15) is 38.6 Å². The van der Waals surface area contributed by atoms with E-state index in [0.717, 1.165) is 51.5 Å². The van der Waals surface area contributed by atoms with Crippen LogP contribution in [-0.4, -0.2) is 52.0 Å². The van der Waals surface area contributed by atoms with Gasteiger partial charge < -0.3 is 14.8 Å². The second kappa shape index (κ2) is 9.12. The molecule has 4 rings (SSSR count). The Morgan fingerprint density at radius 3 is 2.87 bits per heavy atom. The number of hydrogen-bond acceptors (Lipinski definition) is 5. The summed E-state index contributed by atoms with van der Waals surface area (Å²) in [5.74, 6) is 1.06. The number of carboxylic acid groups (broad SMARTS) is 1. The lowest BCUT2D eigenvalue weighted by Gasteiger charge is -2.38. The van der Waals surface area contributed by atoms with E-state index >= 15 is 0 Å². The first-order valence-corrected chi connectivity index (χ1v) is 11.3. The molecule has 1 aromatic heterocycles. The van der Waals surface area contributed by atoms with E-state index in [4.69, 9.17) is 14.8 Å². The Morgan fingerprint density at radius 1 is 1.35 bits per heavy atom. The molecule has 0 radical (unpaired) electrons. The molecule has 31 heavy (non-hydrogen) atoms. The third kappa shape index (κ3) is 4.41. The first-order chi connectivity index (χ1) is 14.9. The SMILES string of the molecule is CO[C@@H](C(NNC(=O)O)C(C)C)N1CCC[C@H]1c1nc2c(ccc3cc(Br)ccc32)[nH]1. The first kappa shape index (κ1) is 22.0. The van der Waals surface area contributed by atoms with Crippen molar-refractivity contribution in [1.82, 2.24) is 25.7 Å². The Kier molecular flexibility index (Phi) is 6.47. The number of fused-ring (bicyclic) bond motifs is 3. The number of ether oxygens (including phenoxy) is 1. The van der Waals surface area contributed by atoms with Gasteiger partial charge in [0.2, 0.25) is 0 Å². The highest BCUT2D eigenvalue weighted by Crippen LogP contribution is 2.36. The fourth-order valence-electron chi connectivity index (χ4n) is 4.54. The minimum absolute atomic E-state index is 0.0655. The number of H-pyrrole nitrogens is 1. The molecule has 1 aliphatic rings. The average Bonchev–Trinajstić information content (AvgIpc) is 3.37. The number of nitrogens with zero attached hydrogens (tertiary/aromatic N) is 2. The Morgan fingerprint density at radius 2 is 2.16 bits per heavy atom. The zero-order valence-electron chi connectivity index (χ0n) is 17.9. The van der Waals surface area contributed by atoms with E-state index in [-0.39, 0.29) is 24.2 Å². The van der Waals surface area contributed by atoms with Crippen LogP contribution >= 0.6 is 15.9 Å². The second-order valence-electron chi connectivity index (χ2n) is 8.32. The summed E-state index contributed by atoms with van der Waals surface area (Å²) in [6.07, 6.45) is 0.557. The molecular weight excluding hydrogens is 462 g/mol. The van der Waals surface area contributed by atoms with Gasteiger partial charge >= 0.3 is 6.09 Å². The van der Waals surface area contributed by atoms with Crippen molar-refractivity contribution in [2.75, 3.05) is 13.7 Å². The maximum Gasteiger partial charge on any atom is 0.419 e. The minimum Gasteiger partial charge on any atom is -0.464 e. The molecule has 0 bridgehead atoms. The topological polar surface area (TPSA) is 103 Å². The quantitative estimate of drug-likeness (QED) is 0.367. The van der Waals surface area contributed by atoms with Crippen LogP contribution in [0.5, 0.6) is 0 Å². The van der Waals surface area contributed by atoms with Crippen LogP contribution < -0.4 is 10.9 Å². The third-order valence-electron chi connectivity index (χ3n) is 6.00. The molecule has 166 valence electrons. The third-order valence-corrected chi connectivity index (χ3v) is 6.49. The van der Waals surface area contributed by atoms with E-state index in [1.807, 2.05) is 19.9 Å². The van der Waals surface area contributed by atoms with Crippen LogP contribution in [0.3, 0.4) is 0 Å². The number of nitrogens with one attached hydrogen (secondary N) is 3. The Labute approximate surface area is 189 Å². The van der Waals surface area contributed by atoms with Crippen molar-refractivity contribution in [2.24, 2.45) is 5.92 Å². The highest BCUT2D eigenvalue weighted by atomic mass is 79.9. The van der Waals surface area contributed by atoms with Crippen molar-refractivity contribution in [2.45, 2.75) is 45.0 Å². The number of methoxy groups -OCH3 is 1. The number of likely N-dealkylation sites (tertiary alicyclic amines) is 1. The number of benzene rings is 2. The van der Waals surface area contributed by atoms with Crippen LogP contribution in [0.2, 0.25) is 0 Å². The van der Waals surface area contributed by atoms with E-state index < -0.39 is 6.09 Å². The van der Waals surface area contributed by atoms with Gasteiger partial charge in [0, 0.05) is 23.5 Å². The molecule has 4 N–H and O–H groups in total. The van der Waals surface area contributed by atoms with Crippen LogP contribution in [0.25, 0.3) is 21.8 Å². The molecule has 3 aromatic rings. The molecule has 1 saturated heterocycles. The van der Waals surface area contributed by atoms with Gasteiger partial charge in [-0.1, -0.05) is 41.9 Å². The molecule has 1 aliphatic heterocycles. The van der Waals surface area contributed by atoms with Crippen LogP contribution in [0, 0.1) is 5.92 Å². The Bertz CT molecular complexity index is 1090. The molecule has 0 saturated carbocycles. The molecule has 0 aliphatic carbocycles. The summed E-state index contributed by atoms with van der Waals surface area (Å²) in [7, 11) is 1.67. The standard InChI is InChI=1S/C22H28BrN5O3/c1-12(2)18(26-27-22(29)30)21(31-3)28-10-4-5-17(28)20-24-16-9-6-13-11-14(23)7-8-15(13)19(16)25-20/h6-9,11-12,17-18,21,26-27H,4-5,10H2,1-3H3,(H,24,25)(H,29,30)/t17-,18?,21-/m0/s1. The molecule has 3 atom stereocenters. The second-order valence-corrected chi connectivity index (χ2v) is 9.23. The van der Waals surface area contributed by atoms with Crippen LogP contribution in [-0.2, 0) is 4.74 Å². The van der Waals surface area contributed by atoms with Gasteiger partial charge in [0.15, 0.2) is 0 Å². The summed E-state index contributed by atoms with van der Waals surface area (Å²) in [5.41, 5.74) is 7.20. The van der Waals surface area contributed by atoms with Crippen molar-refractivity contribution in [3.05, 3.63) is 40.6 Å². The largest absolute Gasteiger partial charge is 0.464 e. The Balaban J connectivity index is 1.67. The molecule has 1 amide bonds. The van der Waals surface area contributed by atoms with Crippen molar-refractivity contribution >= 4 is 43.8 Å². The summed E-state index contributed by atoms with van der Waals surface area (Å²) in [6, 6.07) is 10.2. The smallest absolute Gasteiger partial charge is 0.419 e. The normalized spacial score (nSPS) is 19.3. The van der Waals surface area contributed by atoms with Gasteiger partial charge in [-0.05, 0) is 42.3 Å². The van der Waals surface area contributed by atoms with Crippen molar-refractivity contribution in [3.63, 3.8) is 0 Å². The van der Waals surface area contributed by atoms with Crippen molar-refractivity contribution in [1.29, 1.82) is 0 Å². The van der Waals surface area contributed by atoms with Crippen molar-refractivity contribution in [3.8, 4) is 0 Å².